The summed E-state index contributed by atoms with van der Waals surface area (Å²) in [5.41, 5.74) is 2.97. The van der Waals surface area contributed by atoms with Crippen LogP contribution in [0.5, 0.6) is 5.75 Å². The lowest BCUT2D eigenvalue weighted by Crippen LogP contribution is -2.44. The summed E-state index contributed by atoms with van der Waals surface area (Å²) in [6.07, 6.45) is 0.721. The largest absolute Gasteiger partial charge is 0.496 e. The number of hydrogen-bond donors (Lipinski definition) is 3. The number of ether oxygens (including phenoxy) is 1. The third kappa shape index (κ3) is 5.24. The van der Waals surface area contributed by atoms with Crippen molar-refractivity contribution in [2.45, 2.75) is 19.4 Å². The minimum absolute atomic E-state index is 0.403. The molecule has 0 heterocycles. The quantitative estimate of drug-likeness (QED) is 0.754. The predicted molar refractivity (Wildman–Crippen MR) is 97.9 cm³/mol. The minimum Gasteiger partial charge on any atom is -0.496 e. The number of amides is 3. The second-order valence-corrected chi connectivity index (χ2v) is 5.62. The van der Waals surface area contributed by atoms with Crippen molar-refractivity contribution in [3.63, 3.8) is 0 Å². The van der Waals surface area contributed by atoms with Gasteiger partial charge in [0, 0.05) is 24.7 Å². The Labute approximate surface area is 147 Å². The molecule has 2 rings (SSSR count). The number of anilines is 1. The molecule has 132 valence electrons. The van der Waals surface area contributed by atoms with E-state index in [1.807, 2.05) is 36.4 Å². The zero-order valence-electron chi connectivity index (χ0n) is 14.6. The second-order valence-electron chi connectivity index (χ2n) is 5.62. The van der Waals surface area contributed by atoms with Crippen molar-refractivity contribution < 1.29 is 14.3 Å². The van der Waals surface area contributed by atoms with Crippen LogP contribution in [-0.4, -0.2) is 32.1 Å². The molecule has 0 radical (unpaired) electrons. The van der Waals surface area contributed by atoms with Crippen LogP contribution in [0.15, 0.2) is 48.5 Å². The van der Waals surface area contributed by atoms with Gasteiger partial charge < -0.3 is 15.4 Å². The molecule has 0 unspecified atom stereocenters. The first kappa shape index (κ1) is 18.3. The van der Waals surface area contributed by atoms with E-state index in [4.69, 9.17) is 4.74 Å². The normalized spacial score (nSPS) is 11.3. The highest BCUT2D eigenvalue weighted by Crippen LogP contribution is 2.25. The van der Waals surface area contributed by atoms with Crippen LogP contribution in [0.2, 0.25) is 0 Å². The van der Waals surface area contributed by atoms with Crippen molar-refractivity contribution in [3.05, 3.63) is 59.7 Å². The Morgan fingerprint density at radius 2 is 1.84 bits per heavy atom. The lowest BCUT2D eigenvalue weighted by molar-refractivity contribution is -0.120. The number of imide groups is 1. The monoisotopic (exact) mass is 341 g/mol. The van der Waals surface area contributed by atoms with E-state index in [1.54, 1.807) is 14.0 Å². The molecule has 0 fully saturated rings. The maximum absolute atomic E-state index is 12.0. The molecular formula is C19H23N3O3. The third-order valence-electron chi connectivity index (χ3n) is 3.76. The van der Waals surface area contributed by atoms with Gasteiger partial charge in [0.1, 0.15) is 11.8 Å². The molecule has 0 aliphatic carbocycles. The molecule has 25 heavy (non-hydrogen) atoms. The molecular weight excluding hydrogens is 318 g/mol. The Morgan fingerprint density at radius 1 is 1.12 bits per heavy atom. The average molecular weight is 341 g/mol. The van der Waals surface area contributed by atoms with Crippen molar-refractivity contribution >= 4 is 17.6 Å². The lowest BCUT2D eigenvalue weighted by atomic mass is 10.0. The van der Waals surface area contributed by atoms with Gasteiger partial charge in [-0.05, 0) is 30.7 Å². The summed E-state index contributed by atoms with van der Waals surface area (Å²) in [4.78, 5) is 23.2. The van der Waals surface area contributed by atoms with Crippen LogP contribution in [-0.2, 0) is 11.2 Å². The van der Waals surface area contributed by atoms with Crippen LogP contribution >= 0.6 is 0 Å². The zero-order valence-corrected chi connectivity index (χ0v) is 14.6. The first-order valence-electron chi connectivity index (χ1n) is 8.03. The van der Waals surface area contributed by atoms with Gasteiger partial charge in [-0.15, -0.1) is 0 Å². The number of carbonyl (C=O) groups excluding carboxylic acids is 2. The van der Waals surface area contributed by atoms with Crippen LogP contribution in [0.4, 0.5) is 10.5 Å². The Bertz CT molecular complexity index is 732. The molecule has 0 saturated heterocycles. The third-order valence-corrected chi connectivity index (χ3v) is 3.76. The van der Waals surface area contributed by atoms with E-state index in [9.17, 15) is 9.59 Å². The Balaban J connectivity index is 2.12. The van der Waals surface area contributed by atoms with Crippen LogP contribution in [0, 0.1) is 0 Å². The molecule has 3 N–H and O–H groups in total. The topological polar surface area (TPSA) is 79.5 Å². The van der Waals surface area contributed by atoms with E-state index < -0.39 is 18.0 Å². The molecule has 0 aromatic heterocycles. The second kappa shape index (κ2) is 8.73. The lowest BCUT2D eigenvalue weighted by Gasteiger charge is -2.17. The number of benzene rings is 2. The van der Waals surface area contributed by atoms with Crippen molar-refractivity contribution in [1.82, 2.24) is 10.6 Å². The standard InChI is InChI=1S/C19H23N3O3/c1-13(18(23)22-19(24)20-2)21-16-9-10-17(25-3)15(12-16)11-14-7-5-4-6-8-14/h4-10,12-13,21H,11H2,1-3H3,(H2,20,22,23,24)/t13-/m1/s1. The van der Waals surface area contributed by atoms with E-state index in [-0.39, 0.29) is 0 Å². The maximum atomic E-state index is 12.0. The molecule has 3 amide bonds. The fourth-order valence-corrected chi connectivity index (χ4v) is 2.42. The van der Waals surface area contributed by atoms with Crippen LogP contribution in [0.1, 0.15) is 18.1 Å². The van der Waals surface area contributed by atoms with Gasteiger partial charge in [0.15, 0.2) is 0 Å². The summed E-state index contributed by atoms with van der Waals surface area (Å²) in [7, 11) is 3.09. The fraction of sp³-hybridized carbons (Fsp3) is 0.263. The van der Waals surface area contributed by atoms with Gasteiger partial charge in [0.05, 0.1) is 7.11 Å². The van der Waals surface area contributed by atoms with Crippen LogP contribution in [0.25, 0.3) is 0 Å². The number of carbonyl (C=O) groups is 2. The molecule has 0 spiro atoms. The highest BCUT2D eigenvalue weighted by atomic mass is 16.5. The highest BCUT2D eigenvalue weighted by molar-refractivity contribution is 5.97. The Kier molecular flexibility index (Phi) is 6.39. The van der Waals surface area contributed by atoms with Gasteiger partial charge in [-0.25, -0.2) is 4.79 Å². The summed E-state index contributed by atoms with van der Waals surface area (Å²) in [5.74, 6) is 0.386. The van der Waals surface area contributed by atoms with E-state index in [0.29, 0.717) is 0 Å². The van der Waals surface area contributed by atoms with E-state index in [0.717, 1.165) is 23.4 Å². The predicted octanol–water partition coefficient (Wildman–Crippen LogP) is 2.54. The SMILES string of the molecule is CNC(=O)NC(=O)[C@@H](C)Nc1ccc(OC)c(Cc2ccccc2)c1. The molecule has 0 bridgehead atoms. The molecule has 6 nitrogen and oxygen atoms in total. The van der Waals surface area contributed by atoms with Crippen LogP contribution < -0.4 is 20.7 Å². The molecule has 6 heteroatoms. The number of hydrogen-bond acceptors (Lipinski definition) is 4. The Morgan fingerprint density at radius 3 is 2.48 bits per heavy atom. The molecule has 2 aromatic carbocycles. The van der Waals surface area contributed by atoms with Gasteiger partial charge in [-0.3, -0.25) is 10.1 Å². The van der Waals surface area contributed by atoms with Crippen molar-refractivity contribution in [3.8, 4) is 5.75 Å². The minimum atomic E-state index is -0.560. The van der Waals surface area contributed by atoms with E-state index in [2.05, 4.69) is 28.1 Å². The fourth-order valence-electron chi connectivity index (χ4n) is 2.42. The summed E-state index contributed by atoms with van der Waals surface area (Å²) in [6, 6.07) is 14.7. The zero-order chi connectivity index (χ0) is 18.2. The van der Waals surface area contributed by atoms with Gasteiger partial charge >= 0.3 is 6.03 Å². The number of rotatable bonds is 6. The van der Waals surface area contributed by atoms with Crippen LogP contribution in [0.3, 0.4) is 0 Å². The van der Waals surface area contributed by atoms with Gasteiger partial charge in [0.25, 0.3) is 0 Å². The smallest absolute Gasteiger partial charge is 0.321 e. The van der Waals surface area contributed by atoms with Gasteiger partial charge in [-0.2, -0.15) is 0 Å². The van der Waals surface area contributed by atoms with Gasteiger partial charge in [0.2, 0.25) is 5.91 Å². The van der Waals surface area contributed by atoms with Crippen molar-refractivity contribution in [2.75, 3.05) is 19.5 Å². The van der Waals surface area contributed by atoms with Crippen molar-refractivity contribution in [2.24, 2.45) is 0 Å². The summed E-state index contributed by atoms with van der Waals surface area (Å²) >= 11 is 0. The first-order valence-corrected chi connectivity index (χ1v) is 8.03. The molecule has 0 saturated carbocycles. The van der Waals surface area contributed by atoms with E-state index in [1.165, 1.54) is 12.6 Å². The average Bonchev–Trinajstić information content (AvgIpc) is 2.62. The number of methoxy groups -OCH3 is 1. The number of nitrogens with one attached hydrogen (secondary N) is 3. The molecule has 2 aromatic rings. The van der Waals surface area contributed by atoms with Crippen molar-refractivity contribution in [1.29, 1.82) is 0 Å². The first-order chi connectivity index (χ1) is 12.0. The Hall–Kier alpha value is -3.02. The maximum Gasteiger partial charge on any atom is 0.321 e. The molecule has 0 aliphatic heterocycles. The summed E-state index contributed by atoms with van der Waals surface area (Å²) < 4.78 is 5.43. The molecule has 1 atom stereocenters. The summed E-state index contributed by atoms with van der Waals surface area (Å²) in [5, 5.41) is 7.70. The highest BCUT2D eigenvalue weighted by Gasteiger charge is 2.15. The summed E-state index contributed by atoms with van der Waals surface area (Å²) in [6.45, 7) is 1.69. The van der Waals surface area contributed by atoms with Gasteiger partial charge in [-0.1, -0.05) is 30.3 Å². The van der Waals surface area contributed by atoms with E-state index >= 15 is 0 Å². The number of urea groups is 1. The molecule has 0 aliphatic rings.